The molecule has 0 unspecified atom stereocenters. The molecule has 48 valence electrons. The number of rotatable bonds is 3. The van der Waals surface area contributed by atoms with Gasteiger partial charge in [0, 0.05) is 18.8 Å². The maximum Gasteiger partial charge on any atom is 0.303 e. The van der Waals surface area contributed by atoms with Crippen LogP contribution in [0.4, 0.5) is 0 Å². The molecule has 8 heavy (non-hydrogen) atoms. The highest BCUT2D eigenvalue weighted by Crippen LogP contribution is 2.01. The van der Waals surface area contributed by atoms with Gasteiger partial charge in [0.25, 0.3) is 0 Å². The molecular weight excluding hydrogens is 104 g/mol. The Hall–Kier alpha value is -0.530. The van der Waals surface area contributed by atoms with Crippen molar-refractivity contribution in [2.75, 3.05) is 0 Å². The minimum Gasteiger partial charge on any atom is -0.481 e. The van der Waals surface area contributed by atoms with E-state index in [1.54, 1.807) is 0 Å². The Morgan fingerprint density at radius 1 is 2.12 bits per heavy atom. The van der Waals surface area contributed by atoms with Crippen molar-refractivity contribution in [2.45, 2.75) is 26.5 Å². The van der Waals surface area contributed by atoms with Crippen LogP contribution in [0.2, 0.25) is 0 Å². The smallest absolute Gasteiger partial charge is 0.303 e. The molecule has 2 heteroatoms. The average molecular weight is 125 g/mol. The summed E-state index contributed by atoms with van der Waals surface area (Å²) in [5.74, 6) is -5.20. The van der Waals surface area contributed by atoms with E-state index in [4.69, 9.17) is 17.4 Å². The van der Waals surface area contributed by atoms with Gasteiger partial charge in [0.05, 0.1) is 0 Å². The van der Waals surface area contributed by atoms with Crippen LogP contribution in [0.3, 0.4) is 0 Å². The zero-order valence-corrected chi connectivity index (χ0v) is 4.06. The average Bonchev–Trinajstić information content (AvgIpc) is 1.95. The SMILES string of the molecule is [2H]C([2H])([2H])C([2H])(C([2H])([2H])[2H])C([2H])([2H])CC(=O)O. The predicted octanol–water partition coefficient (Wildman–Crippen LogP) is 1.51. The Kier molecular flexibility index (Phi) is 0.567. The third-order valence-electron chi connectivity index (χ3n) is 0.416. The van der Waals surface area contributed by atoms with Gasteiger partial charge in [-0.15, -0.1) is 0 Å². The summed E-state index contributed by atoms with van der Waals surface area (Å²) in [6.07, 6.45) is -4.58. The van der Waals surface area contributed by atoms with Gasteiger partial charge in [0.1, 0.15) is 0 Å². The molecule has 0 atom stereocenters. The number of hydrogen-bond acceptors (Lipinski definition) is 1. The molecule has 0 radical (unpaired) electrons. The topological polar surface area (TPSA) is 37.3 Å². The minimum absolute atomic E-state index is 1.37. The quantitative estimate of drug-likeness (QED) is 0.620. The number of carboxylic acid groups (broad SMARTS) is 1. The first-order valence-electron chi connectivity index (χ1n) is 6.38. The molecule has 0 bridgehead atoms. The van der Waals surface area contributed by atoms with E-state index in [2.05, 4.69) is 0 Å². The summed E-state index contributed by atoms with van der Waals surface area (Å²) in [5.41, 5.74) is 0. The summed E-state index contributed by atoms with van der Waals surface area (Å²) in [7, 11) is 0. The second-order valence-electron chi connectivity index (χ2n) is 1.12. The lowest BCUT2D eigenvalue weighted by molar-refractivity contribution is -0.137. The lowest BCUT2D eigenvalue weighted by Crippen LogP contribution is -1.97. The highest BCUT2D eigenvalue weighted by Gasteiger charge is 1.97. The summed E-state index contributed by atoms with van der Waals surface area (Å²) in [6, 6.07) is 0. The maximum absolute atomic E-state index is 10.4. The van der Waals surface area contributed by atoms with E-state index in [1.165, 1.54) is 0 Å². The lowest BCUT2D eigenvalue weighted by Gasteiger charge is -1.97. The Morgan fingerprint density at radius 3 is 3.12 bits per heavy atom. The van der Waals surface area contributed by atoms with E-state index < -0.39 is 38.4 Å². The number of carbonyl (C=O) groups is 1. The van der Waals surface area contributed by atoms with E-state index in [-0.39, 0.29) is 0 Å². The fourth-order valence-electron chi connectivity index (χ4n) is 0.164. The molecule has 1 N–H and O–H groups in total. The number of aliphatic carboxylic acids is 1. The molecule has 0 aromatic heterocycles. The summed E-state index contributed by atoms with van der Waals surface area (Å²) in [6.45, 7) is -6.95. The summed E-state index contributed by atoms with van der Waals surface area (Å²) in [4.78, 5) is 10.4. The highest BCUT2D eigenvalue weighted by molar-refractivity contribution is 5.66. The van der Waals surface area contributed by atoms with Crippen LogP contribution < -0.4 is 0 Å². The second-order valence-corrected chi connectivity index (χ2v) is 1.12. The molecule has 0 fully saturated rings. The van der Waals surface area contributed by atoms with Gasteiger partial charge < -0.3 is 5.11 Å². The Labute approximate surface area is 62.2 Å². The molecule has 0 aromatic rings. The van der Waals surface area contributed by atoms with Crippen LogP contribution in [0, 0.1) is 5.89 Å². The van der Waals surface area contributed by atoms with Gasteiger partial charge >= 0.3 is 5.97 Å². The van der Waals surface area contributed by atoms with Crippen molar-refractivity contribution >= 4 is 5.97 Å². The molecule has 0 heterocycles. The third kappa shape index (κ3) is 5.47. The van der Waals surface area contributed by atoms with Gasteiger partial charge in [-0.05, 0) is 12.3 Å². The van der Waals surface area contributed by atoms with Gasteiger partial charge in [-0.3, -0.25) is 4.79 Å². The maximum atomic E-state index is 10.4. The molecule has 0 aliphatic heterocycles. The van der Waals surface area contributed by atoms with Crippen molar-refractivity contribution in [1.82, 2.24) is 0 Å². The van der Waals surface area contributed by atoms with Crippen LogP contribution in [-0.4, -0.2) is 11.1 Å². The Morgan fingerprint density at radius 2 is 2.75 bits per heavy atom. The number of carboxylic acids is 1. The molecule has 0 aromatic carbocycles. The van der Waals surface area contributed by atoms with Gasteiger partial charge in [0.2, 0.25) is 0 Å². The largest absolute Gasteiger partial charge is 0.481 e. The van der Waals surface area contributed by atoms with Crippen LogP contribution in [0.25, 0.3) is 0 Å². The standard InChI is InChI=1S/C6H12O2/c1-5(2)3-4-6(7)8/h5H,3-4H2,1-2H3,(H,7,8)/i1D3,2D3,3D2,5D. The zero-order chi connectivity index (χ0) is 14.3. The van der Waals surface area contributed by atoms with Crippen LogP contribution in [0.1, 0.15) is 38.8 Å². The van der Waals surface area contributed by atoms with E-state index >= 15 is 0 Å². The van der Waals surface area contributed by atoms with Crippen LogP contribution in [0.5, 0.6) is 0 Å². The Balaban J connectivity index is 5.74. The summed E-state index contributed by atoms with van der Waals surface area (Å²) >= 11 is 0. The van der Waals surface area contributed by atoms with Crippen molar-refractivity contribution in [2.24, 2.45) is 5.89 Å². The molecule has 2 nitrogen and oxygen atoms in total. The third-order valence-corrected chi connectivity index (χ3v) is 0.416. The van der Waals surface area contributed by atoms with E-state index in [9.17, 15) is 4.79 Å². The van der Waals surface area contributed by atoms with Gasteiger partial charge in [-0.25, -0.2) is 0 Å². The second kappa shape index (κ2) is 3.47. The fraction of sp³-hybridized carbons (Fsp3) is 0.833. The molecule has 0 amide bonds. The van der Waals surface area contributed by atoms with Crippen molar-refractivity contribution < 1.29 is 22.2 Å². The van der Waals surface area contributed by atoms with Crippen molar-refractivity contribution in [1.29, 1.82) is 0 Å². The van der Waals surface area contributed by atoms with Gasteiger partial charge in [0.15, 0.2) is 0 Å². The van der Waals surface area contributed by atoms with Crippen molar-refractivity contribution in [3.05, 3.63) is 0 Å². The molecule has 0 rings (SSSR count). The molecule has 0 saturated carbocycles. The molecule has 0 spiro atoms. The van der Waals surface area contributed by atoms with Gasteiger partial charge in [-0.1, -0.05) is 13.7 Å². The van der Waals surface area contributed by atoms with E-state index in [1.807, 2.05) is 0 Å². The van der Waals surface area contributed by atoms with Crippen molar-refractivity contribution in [3.63, 3.8) is 0 Å². The molecular formula is C6H12O2. The van der Waals surface area contributed by atoms with Crippen LogP contribution in [0.15, 0.2) is 0 Å². The van der Waals surface area contributed by atoms with E-state index in [0.29, 0.717) is 0 Å². The first kappa shape index (κ1) is 1.31. The monoisotopic (exact) mass is 125 g/mol. The highest BCUT2D eigenvalue weighted by atomic mass is 16.4. The zero-order valence-electron chi connectivity index (χ0n) is 13.1. The number of hydrogen-bond donors (Lipinski definition) is 1. The molecule has 0 saturated heterocycles. The minimum atomic E-state index is -3.49. The van der Waals surface area contributed by atoms with Crippen LogP contribution >= 0.6 is 0 Å². The normalized spacial score (nSPS) is 32.8. The molecule has 0 aliphatic carbocycles. The molecule has 0 aliphatic rings. The summed E-state index contributed by atoms with van der Waals surface area (Å²) in [5, 5.41) is 8.45. The fourth-order valence-corrected chi connectivity index (χ4v) is 0.164. The van der Waals surface area contributed by atoms with Crippen molar-refractivity contribution in [3.8, 4) is 0 Å². The van der Waals surface area contributed by atoms with E-state index in [0.717, 1.165) is 0 Å². The summed E-state index contributed by atoms with van der Waals surface area (Å²) < 4.78 is 64.0. The van der Waals surface area contributed by atoms with Gasteiger partial charge in [-0.2, -0.15) is 0 Å². The Bertz CT molecular complexity index is 288. The predicted molar refractivity (Wildman–Crippen MR) is 31.7 cm³/mol. The lowest BCUT2D eigenvalue weighted by atomic mass is 10.1. The van der Waals surface area contributed by atoms with Crippen LogP contribution in [-0.2, 0) is 4.79 Å². The first-order valence-corrected chi connectivity index (χ1v) is 1.88. The first-order chi connectivity index (χ1) is 7.17.